The van der Waals surface area contributed by atoms with Crippen LogP contribution in [0.2, 0.25) is 5.02 Å². The number of nitro groups is 1. The maximum absolute atomic E-state index is 14.2. The van der Waals surface area contributed by atoms with Gasteiger partial charge in [-0.15, -0.1) is 0 Å². The van der Waals surface area contributed by atoms with E-state index in [1.54, 1.807) is 53.4 Å². The molecular formula is C37H34ClFN6O10. The highest BCUT2D eigenvalue weighted by atomic mass is 35.5. The summed E-state index contributed by atoms with van der Waals surface area (Å²) in [5.74, 6) is 1.26. The van der Waals surface area contributed by atoms with Crippen LogP contribution in [-0.4, -0.2) is 66.7 Å². The van der Waals surface area contributed by atoms with Crippen molar-refractivity contribution in [2.45, 2.75) is 31.8 Å². The molecule has 0 radical (unpaired) electrons. The van der Waals surface area contributed by atoms with Crippen LogP contribution in [-0.2, 0) is 25.8 Å². The van der Waals surface area contributed by atoms with Crippen molar-refractivity contribution in [2.75, 3.05) is 43.8 Å². The highest BCUT2D eigenvalue weighted by molar-refractivity contribution is 6.31. The highest BCUT2D eigenvalue weighted by Crippen LogP contribution is 2.43. The predicted octanol–water partition coefficient (Wildman–Crippen LogP) is 6.42. The van der Waals surface area contributed by atoms with Crippen molar-refractivity contribution >= 4 is 51.3 Å². The number of halogens is 2. The van der Waals surface area contributed by atoms with E-state index in [4.69, 9.17) is 45.0 Å². The van der Waals surface area contributed by atoms with Gasteiger partial charge in [0.2, 0.25) is 5.91 Å². The third-order valence-electron chi connectivity index (χ3n) is 8.61. The number of ether oxygens (including phenoxy) is 5. The Labute approximate surface area is 318 Å². The van der Waals surface area contributed by atoms with Gasteiger partial charge >= 0.3 is 0 Å². The van der Waals surface area contributed by atoms with E-state index in [-0.39, 0.29) is 49.4 Å². The minimum Gasteiger partial charge on any atom is -0.493 e. The SMILES string of the molecule is COc1cc2ncnc(N(Cc3ccc([N+](=O)[O-])cc3)c3ccc(F)c(Cl)c3)c2cc1OCCOCCC(=O)Nc1cccc2c1OC(C1CCONO1)O2. The Kier molecular flexibility index (Phi) is 11.6. The Morgan fingerprint density at radius 2 is 1.93 bits per heavy atom. The smallest absolute Gasteiger partial charge is 0.269 e. The number of methoxy groups -OCH3 is 1. The number of hydrogen-bond acceptors (Lipinski definition) is 14. The first kappa shape index (κ1) is 37.5. The minimum absolute atomic E-state index is 0.0525. The van der Waals surface area contributed by atoms with Crippen LogP contribution in [0.5, 0.6) is 23.0 Å². The van der Waals surface area contributed by atoms with Crippen LogP contribution in [0.1, 0.15) is 18.4 Å². The van der Waals surface area contributed by atoms with Gasteiger partial charge in [-0.1, -0.05) is 35.4 Å². The molecule has 2 unspecified atom stereocenters. The number of nitro benzene ring substituents is 1. The summed E-state index contributed by atoms with van der Waals surface area (Å²) in [6.45, 7) is 1.04. The Bertz CT molecular complexity index is 2180. The normalized spacial score (nSPS) is 16.1. The number of carbonyl (C=O) groups is 1. The van der Waals surface area contributed by atoms with Gasteiger partial charge in [0.15, 0.2) is 29.1 Å². The Balaban J connectivity index is 0.992. The number of nitrogens with one attached hydrogen (secondary N) is 2. The molecule has 7 rings (SSSR count). The van der Waals surface area contributed by atoms with Gasteiger partial charge in [-0.3, -0.25) is 24.6 Å². The summed E-state index contributed by atoms with van der Waals surface area (Å²) in [6, 6.07) is 19.0. The van der Waals surface area contributed by atoms with E-state index < -0.39 is 23.1 Å². The summed E-state index contributed by atoms with van der Waals surface area (Å²) in [6.07, 6.45) is 0.936. The molecule has 0 saturated carbocycles. The molecule has 3 heterocycles. The fourth-order valence-electron chi connectivity index (χ4n) is 5.88. The molecule has 1 fully saturated rings. The molecule has 1 amide bonds. The third-order valence-corrected chi connectivity index (χ3v) is 8.90. The second-order valence-corrected chi connectivity index (χ2v) is 12.6. The summed E-state index contributed by atoms with van der Waals surface area (Å²) < 4.78 is 43.4. The number of aromatic nitrogens is 2. The molecular weight excluding hydrogens is 743 g/mol. The van der Waals surface area contributed by atoms with Crippen molar-refractivity contribution in [3.63, 3.8) is 0 Å². The largest absolute Gasteiger partial charge is 0.493 e. The van der Waals surface area contributed by atoms with Gasteiger partial charge in [-0.25, -0.2) is 14.4 Å². The summed E-state index contributed by atoms with van der Waals surface area (Å²) in [7, 11) is 1.50. The van der Waals surface area contributed by atoms with Crippen LogP contribution in [0.25, 0.3) is 10.9 Å². The molecule has 1 aromatic heterocycles. The first-order valence-corrected chi connectivity index (χ1v) is 17.4. The van der Waals surface area contributed by atoms with E-state index >= 15 is 0 Å². The van der Waals surface area contributed by atoms with Crippen molar-refractivity contribution in [2.24, 2.45) is 0 Å². The van der Waals surface area contributed by atoms with E-state index in [0.717, 1.165) is 5.56 Å². The van der Waals surface area contributed by atoms with Crippen LogP contribution in [0, 0.1) is 15.9 Å². The molecule has 18 heteroatoms. The van der Waals surface area contributed by atoms with Gasteiger partial charge in [0.25, 0.3) is 12.0 Å². The van der Waals surface area contributed by atoms with Crippen LogP contribution in [0.15, 0.2) is 79.1 Å². The van der Waals surface area contributed by atoms with E-state index in [2.05, 4.69) is 20.9 Å². The van der Waals surface area contributed by atoms with E-state index in [9.17, 15) is 19.3 Å². The van der Waals surface area contributed by atoms with E-state index in [0.29, 0.717) is 64.1 Å². The minimum atomic E-state index is -0.691. The molecule has 2 N–H and O–H groups in total. The molecule has 1 saturated heterocycles. The molecule has 0 bridgehead atoms. The number of fused-ring (bicyclic) bond motifs is 2. The van der Waals surface area contributed by atoms with Crippen molar-refractivity contribution in [1.82, 2.24) is 15.6 Å². The molecule has 16 nitrogen and oxygen atoms in total. The van der Waals surface area contributed by atoms with Crippen molar-refractivity contribution in [3.8, 4) is 23.0 Å². The Hall–Kier alpha value is -5.85. The third kappa shape index (κ3) is 8.77. The quantitative estimate of drug-likeness (QED) is 0.0676. The van der Waals surface area contributed by atoms with Gasteiger partial charge in [0, 0.05) is 42.2 Å². The number of benzene rings is 4. The lowest BCUT2D eigenvalue weighted by atomic mass is 10.1. The first-order chi connectivity index (χ1) is 26.8. The number of para-hydroxylation sites is 1. The fraction of sp³-hybridized carbons (Fsp3) is 0.270. The zero-order chi connectivity index (χ0) is 38.3. The van der Waals surface area contributed by atoms with Gasteiger partial charge < -0.3 is 33.9 Å². The van der Waals surface area contributed by atoms with Crippen LogP contribution >= 0.6 is 11.6 Å². The average Bonchev–Trinajstić information content (AvgIpc) is 3.65. The van der Waals surface area contributed by atoms with Crippen molar-refractivity contribution in [3.05, 3.63) is 106 Å². The Morgan fingerprint density at radius 1 is 1.07 bits per heavy atom. The second kappa shape index (κ2) is 17.1. The molecule has 0 spiro atoms. The molecule has 4 aromatic carbocycles. The number of rotatable bonds is 15. The number of nitrogens with zero attached hydrogens (tertiary/aromatic N) is 4. The summed E-state index contributed by atoms with van der Waals surface area (Å²) in [5.41, 5.74) is 4.56. The van der Waals surface area contributed by atoms with Gasteiger partial charge in [-0.2, -0.15) is 0 Å². The number of anilines is 3. The van der Waals surface area contributed by atoms with Gasteiger partial charge in [-0.05, 0) is 42.0 Å². The number of amides is 1. The molecule has 2 atom stereocenters. The predicted molar refractivity (Wildman–Crippen MR) is 196 cm³/mol. The Morgan fingerprint density at radius 3 is 2.69 bits per heavy atom. The summed E-state index contributed by atoms with van der Waals surface area (Å²) in [5, 5.41) is 14.6. The second-order valence-electron chi connectivity index (χ2n) is 12.2. The molecule has 286 valence electrons. The molecule has 55 heavy (non-hydrogen) atoms. The molecule has 5 aromatic rings. The topological polar surface area (TPSA) is 178 Å². The van der Waals surface area contributed by atoms with Crippen LogP contribution < -0.4 is 34.8 Å². The zero-order valence-corrected chi connectivity index (χ0v) is 30.0. The maximum atomic E-state index is 14.2. The lowest BCUT2D eigenvalue weighted by Gasteiger charge is -2.26. The molecule has 2 aliphatic rings. The van der Waals surface area contributed by atoms with Gasteiger partial charge in [0.1, 0.15) is 24.6 Å². The highest BCUT2D eigenvalue weighted by Gasteiger charge is 2.36. The lowest BCUT2D eigenvalue weighted by molar-refractivity contribution is -0.384. The number of non-ortho nitro benzene ring substituents is 1. The number of carbonyl (C=O) groups excluding carboxylic acids is 1. The van der Waals surface area contributed by atoms with Crippen molar-refractivity contribution in [1.29, 1.82) is 0 Å². The van der Waals surface area contributed by atoms with E-state index in [1.807, 2.05) is 0 Å². The molecule has 2 aliphatic heterocycles. The standard InChI is InChI=1S/C37H34ClFN6O10/c1-49-32-19-29-25(36(41-21-40-29)44(24-9-10-27(39)26(38)17-24)20-22-5-7-23(8-6-22)45(47)48)18-33(32)51-16-15-50-13-12-34(46)42-28-3-2-4-30-35(28)54-37(53-30)31-11-14-52-43-55-31/h2-10,17-19,21,31,37,43H,11-16,20H2,1H3,(H,42,46). The lowest BCUT2D eigenvalue weighted by Crippen LogP contribution is -2.43. The monoisotopic (exact) mass is 776 g/mol. The number of hydrogen-bond donors (Lipinski definition) is 2. The van der Waals surface area contributed by atoms with Crippen LogP contribution in [0.4, 0.5) is 27.3 Å². The van der Waals surface area contributed by atoms with Crippen molar-refractivity contribution < 1.29 is 47.5 Å². The van der Waals surface area contributed by atoms with Gasteiger partial charge in [0.05, 0.1) is 54.5 Å². The summed E-state index contributed by atoms with van der Waals surface area (Å²) >= 11 is 6.19. The zero-order valence-electron chi connectivity index (χ0n) is 29.2. The maximum Gasteiger partial charge on any atom is 0.269 e. The molecule has 0 aliphatic carbocycles. The van der Waals surface area contributed by atoms with Crippen LogP contribution in [0.3, 0.4) is 0 Å². The fourth-order valence-corrected chi connectivity index (χ4v) is 6.06. The van der Waals surface area contributed by atoms with E-state index in [1.165, 1.54) is 37.7 Å². The summed E-state index contributed by atoms with van der Waals surface area (Å²) in [4.78, 5) is 44.7. The average molecular weight is 777 g/mol. The first-order valence-electron chi connectivity index (χ1n) is 17.0.